The summed E-state index contributed by atoms with van der Waals surface area (Å²) in [4.78, 5) is 6.75. The Hall–Kier alpha value is -0.870. The molecule has 0 aromatic carbocycles. The Labute approximate surface area is 110 Å². The Morgan fingerprint density at radius 3 is 2.83 bits per heavy atom. The van der Waals surface area contributed by atoms with Gasteiger partial charge in [-0.05, 0) is 47.2 Å². The number of hydrogen-bond acceptors (Lipinski definition) is 3. The predicted molar refractivity (Wildman–Crippen MR) is 74.5 cm³/mol. The van der Waals surface area contributed by atoms with Crippen molar-refractivity contribution in [3.8, 4) is 0 Å². The number of aromatic nitrogens is 2. The lowest BCUT2D eigenvalue weighted by Crippen LogP contribution is -2.36. The van der Waals surface area contributed by atoms with Gasteiger partial charge in [0.25, 0.3) is 0 Å². The second kappa shape index (κ2) is 5.41. The van der Waals surface area contributed by atoms with Crippen molar-refractivity contribution < 1.29 is 0 Å². The molecule has 102 valence electrons. The fourth-order valence-corrected chi connectivity index (χ4v) is 2.45. The summed E-state index contributed by atoms with van der Waals surface area (Å²) in [5, 5.41) is 3.53. The number of hydrogen-bond donors (Lipinski definition) is 1. The average Bonchev–Trinajstić information content (AvgIpc) is 2.86. The lowest BCUT2D eigenvalue weighted by molar-refractivity contribution is 0.279. The number of imidazole rings is 1. The molecule has 2 rings (SSSR count). The van der Waals surface area contributed by atoms with Crippen LogP contribution in [0.1, 0.15) is 39.3 Å². The fourth-order valence-electron chi connectivity index (χ4n) is 2.45. The van der Waals surface area contributed by atoms with Gasteiger partial charge in [0, 0.05) is 30.9 Å². The van der Waals surface area contributed by atoms with Gasteiger partial charge in [0.1, 0.15) is 0 Å². The van der Waals surface area contributed by atoms with Crippen LogP contribution < -0.4 is 5.32 Å². The minimum atomic E-state index is 0.152. The van der Waals surface area contributed by atoms with Crippen LogP contribution in [0.25, 0.3) is 0 Å². The minimum Gasteiger partial charge on any atom is -0.332 e. The first-order valence-electron chi connectivity index (χ1n) is 6.90. The summed E-state index contributed by atoms with van der Waals surface area (Å²) in [6.07, 6.45) is 6.58. The molecule has 1 atom stereocenters. The Kier molecular flexibility index (Phi) is 4.07. The van der Waals surface area contributed by atoms with Gasteiger partial charge in [0.2, 0.25) is 0 Å². The molecule has 1 N–H and O–H groups in total. The Bertz CT molecular complexity index is 377. The van der Waals surface area contributed by atoms with E-state index in [2.05, 4.69) is 47.6 Å². The Balaban J connectivity index is 1.95. The van der Waals surface area contributed by atoms with Crippen molar-refractivity contribution in [2.75, 3.05) is 13.6 Å². The number of nitrogens with zero attached hydrogens (tertiary/aromatic N) is 3. The first kappa shape index (κ1) is 13.6. The van der Waals surface area contributed by atoms with Crippen LogP contribution in [0.2, 0.25) is 0 Å². The Morgan fingerprint density at radius 1 is 1.44 bits per heavy atom. The quantitative estimate of drug-likeness (QED) is 0.885. The van der Waals surface area contributed by atoms with Crippen LogP contribution in [0.5, 0.6) is 0 Å². The van der Waals surface area contributed by atoms with Crippen LogP contribution >= 0.6 is 0 Å². The normalized spacial score (nSPS) is 21.7. The number of nitrogens with one attached hydrogen (secondary N) is 1. The highest BCUT2D eigenvalue weighted by atomic mass is 15.2. The molecular formula is C14H26N4. The van der Waals surface area contributed by atoms with Crippen LogP contribution in [-0.2, 0) is 13.1 Å². The zero-order chi connectivity index (χ0) is 13.2. The second-order valence-electron chi connectivity index (χ2n) is 6.42. The summed E-state index contributed by atoms with van der Waals surface area (Å²) in [6, 6.07) is 0.674. The summed E-state index contributed by atoms with van der Waals surface area (Å²) < 4.78 is 2.30. The molecule has 1 fully saturated rings. The molecule has 1 aromatic rings. The van der Waals surface area contributed by atoms with E-state index in [1.54, 1.807) is 0 Å². The van der Waals surface area contributed by atoms with Crippen LogP contribution in [0, 0.1) is 0 Å². The molecule has 0 bridgehead atoms. The summed E-state index contributed by atoms with van der Waals surface area (Å²) in [6.45, 7) is 9.77. The van der Waals surface area contributed by atoms with E-state index in [1.165, 1.54) is 25.1 Å². The molecule has 1 unspecified atom stereocenters. The first-order valence-corrected chi connectivity index (χ1v) is 6.90. The fraction of sp³-hybridized carbons (Fsp3) is 0.786. The van der Waals surface area contributed by atoms with Crippen molar-refractivity contribution in [3.05, 3.63) is 18.2 Å². The van der Waals surface area contributed by atoms with E-state index in [0.717, 1.165) is 13.1 Å². The molecule has 18 heavy (non-hydrogen) atoms. The predicted octanol–water partition coefficient (Wildman–Crippen LogP) is 1.87. The van der Waals surface area contributed by atoms with Gasteiger partial charge in [-0.25, -0.2) is 4.98 Å². The van der Waals surface area contributed by atoms with Gasteiger partial charge in [-0.15, -0.1) is 0 Å². The van der Waals surface area contributed by atoms with E-state index in [1.807, 2.05) is 12.5 Å². The maximum absolute atomic E-state index is 4.29. The van der Waals surface area contributed by atoms with Crippen molar-refractivity contribution in [3.63, 3.8) is 0 Å². The molecule has 0 aliphatic carbocycles. The van der Waals surface area contributed by atoms with Gasteiger partial charge < -0.3 is 14.8 Å². The molecule has 1 aliphatic rings. The Morgan fingerprint density at radius 2 is 2.22 bits per heavy atom. The molecular weight excluding hydrogens is 224 g/mol. The van der Waals surface area contributed by atoms with Gasteiger partial charge >= 0.3 is 0 Å². The summed E-state index contributed by atoms with van der Waals surface area (Å²) in [5.41, 5.74) is 1.43. The van der Waals surface area contributed by atoms with Crippen molar-refractivity contribution in [1.29, 1.82) is 0 Å². The highest BCUT2D eigenvalue weighted by Gasteiger charge is 2.21. The standard InChI is InChI=1S/C14H26N4/c1-14(2,3)16-9-13-8-15-11-18(13)10-12-6-5-7-17(12)4/h8,11-12,16H,5-7,9-10H2,1-4H3. The summed E-state index contributed by atoms with van der Waals surface area (Å²) in [5.74, 6) is 0. The van der Waals surface area contributed by atoms with E-state index in [0.29, 0.717) is 6.04 Å². The molecule has 0 amide bonds. The molecule has 4 nitrogen and oxygen atoms in total. The zero-order valence-corrected chi connectivity index (χ0v) is 12.1. The van der Waals surface area contributed by atoms with Crippen LogP contribution in [-0.4, -0.2) is 39.6 Å². The number of likely N-dealkylation sites (tertiary alicyclic amines) is 1. The molecule has 1 aromatic heterocycles. The highest BCUT2D eigenvalue weighted by Crippen LogP contribution is 2.17. The summed E-state index contributed by atoms with van der Waals surface area (Å²) in [7, 11) is 2.22. The number of likely N-dealkylation sites (N-methyl/N-ethyl adjacent to an activating group) is 1. The lowest BCUT2D eigenvalue weighted by atomic mass is 10.1. The van der Waals surface area contributed by atoms with Crippen molar-refractivity contribution >= 4 is 0 Å². The largest absolute Gasteiger partial charge is 0.332 e. The topological polar surface area (TPSA) is 33.1 Å². The van der Waals surface area contributed by atoms with E-state index in [-0.39, 0.29) is 5.54 Å². The molecule has 2 heterocycles. The SMILES string of the molecule is CN1CCCC1Cn1cncc1CNC(C)(C)C. The van der Waals surface area contributed by atoms with Gasteiger partial charge in [-0.1, -0.05) is 0 Å². The van der Waals surface area contributed by atoms with Gasteiger partial charge in [0.15, 0.2) is 0 Å². The average molecular weight is 250 g/mol. The van der Waals surface area contributed by atoms with Crippen molar-refractivity contribution in [2.45, 2.75) is 58.3 Å². The lowest BCUT2D eigenvalue weighted by Gasteiger charge is -2.23. The van der Waals surface area contributed by atoms with Crippen molar-refractivity contribution in [1.82, 2.24) is 19.8 Å². The molecule has 0 radical (unpaired) electrons. The smallest absolute Gasteiger partial charge is 0.0949 e. The number of rotatable bonds is 4. The second-order valence-corrected chi connectivity index (χ2v) is 6.42. The third-order valence-corrected chi connectivity index (χ3v) is 3.68. The van der Waals surface area contributed by atoms with Crippen molar-refractivity contribution in [2.24, 2.45) is 0 Å². The monoisotopic (exact) mass is 250 g/mol. The van der Waals surface area contributed by atoms with E-state index in [9.17, 15) is 0 Å². The van der Waals surface area contributed by atoms with Crippen LogP contribution in [0.4, 0.5) is 0 Å². The van der Waals surface area contributed by atoms with E-state index >= 15 is 0 Å². The highest BCUT2D eigenvalue weighted by molar-refractivity contribution is 5.00. The minimum absolute atomic E-state index is 0.152. The van der Waals surface area contributed by atoms with Gasteiger partial charge in [-0.2, -0.15) is 0 Å². The van der Waals surface area contributed by atoms with Gasteiger partial charge in [-0.3, -0.25) is 0 Å². The molecule has 0 spiro atoms. The van der Waals surface area contributed by atoms with E-state index in [4.69, 9.17) is 0 Å². The molecule has 1 aliphatic heterocycles. The third kappa shape index (κ3) is 3.56. The first-order chi connectivity index (χ1) is 8.46. The summed E-state index contributed by atoms with van der Waals surface area (Å²) >= 11 is 0. The maximum Gasteiger partial charge on any atom is 0.0949 e. The van der Waals surface area contributed by atoms with Gasteiger partial charge in [0.05, 0.1) is 12.0 Å². The third-order valence-electron chi connectivity index (χ3n) is 3.68. The molecule has 0 saturated carbocycles. The molecule has 1 saturated heterocycles. The molecule has 4 heteroatoms. The van der Waals surface area contributed by atoms with E-state index < -0.39 is 0 Å². The van der Waals surface area contributed by atoms with Crippen LogP contribution in [0.15, 0.2) is 12.5 Å². The van der Waals surface area contributed by atoms with Crippen LogP contribution in [0.3, 0.4) is 0 Å². The zero-order valence-electron chi connectivity index (χ0n) is 12.1. The maximum atomic E-state index is 4.29.